The molecule has 90 valence electrons. The van der Waals surface area contributed by atoms with E-state index in [1.807, 2.05) is 6.92 Å². The fourth-order valence-corrected chi connectivity index (χ4v) is 1.38. The standard InChI is InChI=1S/C11H18N2O3/c1-8(4-5-15-3)16-11(14)10-6-9(12)7-13(10)2/h6-8H,4-5,12H2,1-3H3. The van der Waals surface area contributed by atoms with Gasteiger partial charge in [0.05, 0.1) is 5.69 Å². The summed E-state index contributed by atoms with van der Waals surface area (Å²) in [4.78, 5) is 11.7. The first kappa shape index (κ1) is 12.6. The lowest BCUT2D eigenvalue weighted by atomic mass is 10.3. The molecular weight excluding hydrogens is 208 g/mol. The molecule has 0 aliphatic heterocycles. The van der Waals surface area contributed by atoms with Crippen molar-refractivity contribution in [3.05, 3.63) is 18.0 Å². The molecule has 2 N–H and O–H groups in total. The molecule has 0 spiro atoms. The van der Waals surface area contributed by atoms with E-state index in [1.165, 1.54) is 0 Å². The topological polar surface area (TPSA) is 66.5 Å². The average molecular weight is 226 g/mol. The SMILES string of the molecule is COCCC(C)OC(=O)c1cc(N)cn1C. The summed E-state index contributed by atoms with van der Waals surface area (Å²) in [5, 5.41) is 0. The van der Waals surface area contributed by atoms with Crippen molar-refractivity contribution in [2.24, 2.45) is 7.05 Å². The molecule has 1 aromatic heterocycles. The van der Waals surface area contributed by atoms with E-state index in [0.29, 0.717) is 24.4 Å². The maximum absolute atomic E-state index is 11.7. The monoisotopic (exact) mass is 226 g/mol. The van der Waals surface area contributed by atoms with E-state index < -0.39 is 0 Å². The van der Waals surface area contributed by atoms with Crippen LogP contribution in [0.4, 0.5) is 5.69 Å². The summed E-state index contributed by atoms with van der Waals surface area (Å²) in [7, 11) is 3.37. The van der Waals surface area contributed by atoms with E-state index in [2.05, 4.69) is 0 Å². The predicted molar refractivity (Wildman–Crippen MR) is 61.2 cm³/mol. The smallest absolute Gasteiger partial charge is 0.355 e. The number of anilines is 1. The number of nitrogens with two attached hydrogens (primary N) is 1. The van der Waals surface area contributed by atoms with Gasteiger partial charge in [0, 0.05) is 33.4 Å². The quantitative estimate of drug-likeness (QED) is 0.766. The van der Waals surface area contributed by atoms with Crippen LogP contribution in [-0.4, -0.2) is 30.4 Å². The Morgan fingerprint density at radius 2 is 2.31 bits per heavy atom. The highest BCUT2D eigenvalue weighted by Gasteiger charge is 2.15. The lowest BCUT2D eigenvalue weighted by molar-refractivity contribution is 0.0256. The molecule has 0 amide bonds. The number of hydrogen-bond donors (Lipinski definition) is 1. The molecule has 0 saturated carbocycles. The number of esters is 1. The first-order chi connectivity index (χ1) is 7.54. The maximum atomic E-state index is 11.7. The molecule has 5 nitrogen and oxygen atoms in total. The number of methoxy groups -OCH3 is 1. The third-order valence-electron chi connectivity index (χ3n) is 2.27. The zero-order valence-electron chi connectivity index (χ0n) is 9.90. The zero-order chi connectivity index (χ0) is 12.1. The molecule has 0 aromatic carbocycles. The summed E-state index contributed by atoms with van der Waals surface area (Å²) in [5.41, 5.74) is 6.59. The molecule has 1 aromatic rings. The Labute approximate surface area is 95.1 Å². The van der Waals surface area contributed by atoms with Gasteiger partial charge in [0.15, 0.2) is 0 Å². The van der Waals surface area contributed by atoms with E-state index in [1.54, 1.807) is 31.0 Å². The average Bonchev–Trinajstić information content (AvgIpc) is 2.54. The summed E-state index contributed by atoms with van der Waals surface area (Å²) < 4.78 is 11.8. The molecule has 1 atom stereocenters. The van der Waals surface area contributed by atoms with E-state index in [-0.39, 0.29) is 12.1 Å². The minimum absolute atomic E-state index is 0.163. The number of nitrogens with zero attached hydrogens (tertiary/aromatic N) is 1. The second-order valence-corrected chi connectivity index (χ2v) is 3.77. The van der Waals surface area contributed by atoms with Crippen LogP contribution in [-0.2, 0) is 16.5 Å². The number of hydrogen-bond acceptors (Lipinski definition) is 4. The minimum atomic E-state index is -0.359. The molecule has 0 aliphatic carbocycles. The van der Waals surface area contributed by atoms with Crippen molar-refractivity contribution >= 4 is 11.7 Å². The highest BCUT2D eigenvalue weighted by atomic mass is 16.5. The van der Waals surface area contributed by atoms with Crippen LogP contribution in [0, 0.1) is 0 Å². The van der Waals surface area contributed by atoms with Gasteiger partial charge >= 0.3 is 5.97 Å². The van der Waals surface area contributed by atoms with Crippen molar-refractivity contribution in [3.8, 4) is 0 Å². The molecular formula is C11H18N2O3. The first-order valence-electron chi connectivity index (χ1n) is 5.16. The van der Waals surface area contributed by atoms with Crippen LogP contribution in [0.1, 0.15) is 23.8 Å². The summed E-state index contributed by atoms with van der Waals surface area (Å²) in [6.45, 7) is 2.41. The second-order valence-electron chi connectivity index (χ2n) is 3.77. The number of carbonyl (C=O) groups excluding carboxylic acids is 1. The summed E-state index contributed by atoms with van der Waals surface area (Å²) in [6.07, 6.45) is 2.20. The first-order valence-corrected chi connectivity index (χ1v) is 5.16. The normalized spacial score (nSPS) is 12.4. The Kier molecular flexibility index (Phi) is 4.37. The Bertz CT molecular complexity index is 360. The zero-order valence-corrected chi connectivity index (χ0v) is 9.90. The molecule has 16 heavy (non-hydrogen) atoms. The van der Waals surface area contributed by atoms with Gasteiger partial charge in [-0.05, 0) is 13.0 Å². The lowest BCUT2D eigenvalue weighted by Gasteiger charge is -2.12. The number of aromatic nitrogens is 1. The molecule has 0 aliphatic rings. The minimum Gasteiger partial charge on any atom is -0.458 e. The Hall–Kier alpha value is -1.49. The van der Waals surface area contributed by atoms with Crippen LogP contribution in [0.5, 0.6) is 0 Å². The molecule has 1 heterocycles. The van der Waals surface area contributed by atoms with Crippen molar-refractivity contribution in [3.63, 3.8) is 0 Å². The van der Waals surface area contributed by atoms with Crippen molar-refractivity contribution in [1.82, 2.24) is 4.57 Å². The maximum Gasteiger partial charge on any atom is 0.355 e. The van der Waals surface area contributed by atoms with E-state index in [9.17, 15) is 4.79 Å². The number of nitrogen functional groups attached to an aromatic ring is 1. The molecule has 5 heteroatoms. The van der Waals surface area contributed by atoms with Gasteiger partial charge in [0.1, 0.15) is 11.8 Å². The molecule has 1 rings (SSSR count). The van der Waals surface area contributed by atoms with Gasteiger partial charge < -0.3 is 19.8 Å². The highest BCUT2D eigenvalue weighted by molar-refractivity contribution is 5.89. The van der Waals surface area contributed by atoms with Crippen molar-refractivity contribution < 1.29 is 14.3 Å². The van der Waals surface area contributed by atoms with Gasteiger partial charge in [0.2, 0.25) is 0 Å². The van der Waals surface area contributed by atoms with Crippen LogP contribution >= 0.6 is 0 Å². The largest absolute Gasteiger partial charge is 0.458 e. The number of rotatable bonds is 5. The van der Waals surface area contributed by atoms with Gasteiger partial charge in [-0.15, -0.1) is 0 Å². The van der Waals surface area contributed by atoms with E-state index in [4.69, 9.17) is 15.2 Å². The molecule has 0 saturated heterocycles. The van der Waals surface area contributed by atoms with Crippen LogP contribution in [0.3, 0.4) is 0 Å². The number of aryl methyl sites for hydroxylation is 1. The fraction of sp³-hybridized carbons (Fsp3) is 0.545. The molecule has 0 radical (unpaired) electrons. The lowest BCUT2D eigenvalue weighted by Crippen LogP contribution is -2.18. The van der Waals surface area contributed by atoms with E-state index in [0.717, 1.165) is 0 Å². The Morgan fingerprint density at radius 3 is 2.81 bits per heavy atom. The van der Waals surface area contributed by atoms with Gasteiger partial charge in [-0.3, -0.25) is 0 Å². The third-order valence-corrected chi connectivity index (χ3v) is 2.27. The van der Waals surface area contributed by atoms with Crippen molar-refractivity contribution in [2.75, 3.05) is 19.5 Å². The van der Waals surface area contributed by atoms with Crippen LogP contribution < -0.4 is 5.73 Å². The Morgan fingerprint density at radius 1 is 1.62 bits per heavy atom. The van der Waals surface area contributed by atoms with Crippen molar-refractivity contribution in [1.29, 1.82) is 0 Å². The van der Waals surface area contributed by atoms with Crippen molar-refractivity contribution in [2.45, 2.75) is 19.4 Å². The highest BCUT2D eigenvalue weighted by Crippen LogP contribution is 2.11. The summed E-state index contributed by atoms with van der Waals surface area (Å²) in [6, 6.07) is 1.60. The van der Waals surface area contributed by atoms with Gasteiger partial charge in [-0.25, -0.2) is 4.79 Å². The van der Waals surface area contributed by atoms with Gasteiger partial charge in [0.25, 0.3) is 0 Å². The molecule has 1 unspecified atom stereocenters. The van der Waals surface area contributed by atoms with E-state index >= 15 is 0 Å². The molecule has 0 fully saturated rings. The number of carbonyl (C=O) groups is 1. The molecule has 0 bridgehead atoms. The second kappa shape index (κ2) is 5.55. The predicted octanol–water partition coefficient (Wildman–Crippen LogP) is 1.19. The van der Waals surface area contributed by atoms with Crippen LogP contribution in [0.25, 0.3) is 0 Å². The van der Waals surface area contributed by atoms with Crippen LogP contribution in [0.15, 0.2) is 12.3 Å². The van der Waals surface area contributed by atoms with Gasteiger partial charge in [-0.1, -0.05) is 0 Å². The third kappa shape index (κ3) is 3.27. The van der Waals surface area contributed by atoms with Crippen LogP contribution in [0.2, 0.25) is 0 Å². The summed E-state index contributed by atoms with van der Waals surface area (Å²) >= 11 is 0. The summed E-state index contributed by atoms with van der Waals surface area (Å²) in [5.74, 6) is -0.359. The van der Waals surface area contributed by atoms with Gasteiger partial charge in [-0.2, -0.15) is 0 Å². The number of ether oxygens (including phenoxy) is 2. The fourth-order valence-electron chi connectivity index (χ4n) is 1.38. The Balaban J connectivity index is 2.55.